The Bertz CT molecular complexity index is 238. The second-order valence-corrected chi connectivity index (χ2v) is 2.15. The van der Waals surface area contributed by atoms with Gasteiger partial charge >= 0.3 is 11.9 Å². The van der Waals surface area contributed by atoms with Gasteiger partial charge in [-0.25, -0.2) is 0 Å². The van der Waals surface area contributed by atoms with Crippen LogP contribution in [0.1, 0.15) is 6.42 Å². The number of carbonyl (C=O) groups is 3. The van der Waals surface area contributed by atoms with Gasteiger partial charge in [0, 0.05) is 0 Å². The molecule has 0 rings (SSSR count). The highest BCUT2D eigenvalue weighted by atomic mass is 16.4. The molecule has 1 amide bonds. The summed E-state index contributed by atoms with van der Waals surface area (Å²) < 4.78 is 0. The van der Waals surface area contributed by atoms with E-state index >= 15 is 0 Å². The van der Waals surface area contributed by atoms with Crippen LogP contribution < -0.4 is 11.5 Å². The first-order valence-electron chi connectivity index (χ1n) is 3.43. The number of primary amides is 1. The van der Waals surface area contributed by atoms with Crippen molar-refractivity contribution in [2.24, 2.45) is 11.5 Å². The molecule has 7 nitrogen and oxygen atoms in total. The van der Waals surface area contributed by atoms with Crippen LogP contribution in [0.4, 0.5) is 0 Å². The maximum absolute atomic E-state index is 9.85. The number of amides is 1. The van der Waals surface area contributed by atoms with E-state index in [2.05, 4.69) is 12.3 Å². The molecule has 0 radical (unpaired) electrons. The molecule has 0 unspecified atom stereocenters. The first-order valence-corrected chi connectivity index (χ1v) is 3.43. The number of carbonyl (C=O) groups excluding carboxylic acids is 1. The molecular formula is C7H12N2O5. The summed E-state index contributed by atoms with van der Waals surface area (Å²) >= 11 is 0. The molecule has 14 heavy (non-hydrogen) atoms. The summed E-state index contributed by atoms with van der Waals surface area (Å²) in [4.78, 5) is 29.1. The van der Waals surface area contributed by atoms with E-state index in [-0.39, 0.29) is 0 Å². The predicted octanol–water partition coefficient (Wildman–Crippen LogP) is -1.47. The zero-order valence-electron chi connectivity index (χ0n) is 7.34. The zero-order valence-corrected chi connectivity index (χ0v) is 7.34. The second-order valence-electron chi connectivity index (χ2n) is 2.15. The highest BCUT2D eigenvalue weighted by molar-refractivity contribution is 5.85. The molecule has 0 aliphatic heterocycles. The van der Waals surface area contributed by atoms with E-state index < -0.39 is 30.3 Å². The summed E-state index contributed by atoms with van der Waals surface area (Å²) in [5.74, 6) is -2.98. The minimum atomic E-state index is -1.29. The highest BCUT2D eigenvalue weighted by Gasteiger charge is 2.14. The Morgan fingerprint density at radius 1 is 1.36 bits per heavy atom. The fourth-order valence-electron chi connectivity index (χ4n) is 0.275. The average molecular weight is 204 g/mol. The van der Waals surface area contributed by atoms with Crippen LogP contribution in [-0.2, 0) is 14.4 Å². The lowest BCUT2D eigenvalue weighted by Crippen LogP contribution is -2.32. The molecule has 7 heteroatoms. The molecule has 0 saturated heterocycles. The van der Waals surface area contributed by atoms with E-state index in [1.807, 2.05) is 0 Å². The first-order chi connectivity index (χ1) is 6.31. The van der Waals surface area contributed by atoms with Crippen LogP contribution in [0.15, 0.2) is 12.7 Å². The molecule has 0 aliphatic carbocycles. The summed E-state index contributed by atoms with van der Waals surface area (Å²) in [5.41, 5.74) is 9.37. The Labute approximate surface area is 80.0 Å². The topological polar surface area (TPSA) is 144 Å². The normalized spacial score (nSPS) is 10.4. The van der Waals surface area contributed by atoms with Gasteiger partial charge in [-0.15, -0.1) is 0 Å². The van der Waals surface area contributed by atoms with Crippen molar-refractivity contribution in [2.45, 2.75) is 12.5 Å². The summed E-state index contributed by atoms with van der Waals surface area (Å²) in [6.07, 6.45) is 0.523. The molecule has 0 aromatic heterocycles. The Morgan fingerprint density at radius 3 is 1.79 bits per heavy atom. The van der Waals surface area contributed by atoms with Gasteiger partial charge in [0.25, 0.3) is 0 Å². The van der Waals surface area contributed by atoms with Crippen molar-refractivity contribution in [1.82, 2.24) is 0 Å². The van der Waals surface area contributed by atoms with Gasteiger partial charge in [-0.05, 0) is 6.08 Å². The summed E-state index contributed by atoms with van der Waals surface area (Å²) in [5, 5.41) is 16.0. The smallest absolute Gasteiger partial charge is 0.321 e. The molecule has 0 saturated carbocycles. The van der Waals surface area contributed by atoms with Gasteiger partial charge in [-0.3, -0.25) is 14.4 Å². The molecule has 1 atom stereocenters. The number of aliphatic carboxylic acids is 2. The van der Waals surface area contributed by atoms with Crippen LogP contribution in [0.5, 0.6) is 0 Å². The summed E-state index contributed by atoms with van der Waals surface area (Å²) in [6.45, 7) is 3.09. The lowest BCUT2D eigenvalue weighted by Gasteiger charge is -1.99. The highest BCUT2D eigenvalue weighted by Crippen LogP contribution is 1.86. The standard InChI is InChI=1S/C4H7NO4.C3H5NO/c5-2(4(8)9)1-3(6)7;1-2-3(4)5/h2H,1,5H2,(H,6,7)(H,8,9);2H,1H2,(H2,4,5)/t2-;/m1./s1. The third kappa shape index (κ3) is 12.8. The summed E-state index contributed by atoms with van der Waals surface area (Å²) in [7, 11) is 0. The van der Waals surface area contributed by atoms with E-state index in [0.717, 1.165) is 6.08 Å². The van der Waals surface area contributed by atoms with E-state index in [9.17, 15) is 14.4 Å². The molecule has 0 bridgehead atoms. The zero-order chi connectivity index (χ0) is 11.7. The lowest BCUT2D eigenvalue weighted by molar-refractivity contribution is -0.144. The second kappa shape index (κ2) is 7.74. The molecule has 0 aliphatic rings. The molecule has 0 aromatic carbocycles. The minimum Gasteiger partial charge on any atom is -0.481 e. The van der Waals surface area contributed by atoms with E-state index in [0.29, 0.717) is 0 Å². The average Bonchev–Trinajstić information content (AvgIpc) is 2.04. The molecule has 0 heterocycles. The fraction of sp³-hybridized carbons (Fsp3) is 0.286. The van der Waals surface area contributed by atoms with Gasteiger partial charge in [0.15, 0.2) is 0 Å². The van der Waals surface area contributed by atoms with Crippen molar-refractivity contribution in [3.05, 3.63) is 12.7 Å². The van der Waals surface area contributed by atoms with Crippen molar-refractivity contribution in [3.8, 4) is 0 Å². The van der Waals surface area contributed by atoms with Gasteiger partial charge in [0.2, 0.25) is 5.91 Å². The number of carboxylic acid groups (broad SMARTS) is 2. The van der Waals surface area contributed by atoms with E-state index in [1.54, 1.807) is 0 Å². The van der Waals surface area contributed by atoms with Gasteiger partial charge < -0.3 is 21.7 Å². The van der Waals surface area contributed by atoms with Crippen molar-refractivity contribution < 1.29 is 24.6 Å². The first kappa shape index (κ1) is 14.6. The third-order valence-corrected chi connectivity index (χ3v) is 0.913. The van der Waals surface area contributed by atoms with Crippen LogP contribution in [0, 0.1) is 0 Å². The minimum absolute atomic E-state index is 0.481. The number of hydrogen-bond acceptors (Lipinski definition) is 4. The number of nitrogens with two attached hydrogens (primary N) is 2. The van der Waals surface area contributed by atoms with Crippen LogP contribution in [0.2, 0.25) is 0 Å². The predicted molar refractivity (Wildman–Crippen MR) is 47.3 cm³/mol. The van der Waals surface area contributed by atoms with Crippen LogP contribution in [0.3, 0.4) is 0 Å². The van der Waals surface area contributed by atoms with Crippen molar-refractivity contribution in [3.63, 3.8) is 0 Å². The third-order valence-electron chi connectivity index (χ3n) is 0.913. The monoisotopic (exact) mass is 204 g/mol. The van der Waals surface area contributed by atoms with Gasteiger partial charge in [0.05, 0.1) is 6.42 Å². The molecular weight excluding hydrogens is 192 g/mol. The van der Waals surface area contributed by atoms with Gasteiger partial charge in [-0.1, -0.05) is 6.58 Å². The van der Waals surface area contributed by atoms with Gasteiger partial charge in [0.1, 0.15) is 6.04 Å². The maximum atomic E-state index is 9.85. The maximum Gasteiger partial charge on any atom is 0.321 e. The Hall–Kier alpha value is -1.89. The van der Waals surface area contributed by atoms with Crippen LogP contribution >= 0.6 is 0 Å². The molecule has 80 valence electrons. The fourth-order valence-corrected chi connectivity index (χ4v) is 0.275. The Balaban J connectivity index is 0. The lowest BCUT2D eigenvalue weighted by atomic mass is 10.2. The number of hydrogen-bond donors (Lipinski definition) is 4. The van der Waals surface area contributed by atoms with Gasteiger partial charge in [-0.2, -0.15) is 0 Å². The van der Waals surface area contributed by atoms with Crippen molar-refractivity contribution in [1.29, 1.82) is 0 Å². The molecule has 0 aromatic rings. The Kier molecular flexibility index (Phi) is 8.09. The SMILES string of the molecule is C=CC(N)=O.N[C@H](CC(=O)O)C(=O)O. The number of rotatable bonds is 4. The van der Waals surface area contributed by atoms with E-state index in [4.69, 9.17) is 15.9 Å². The van der Waals surface area contributed by atoms with Crippen molar-refractivity contribution in [2.75, 3.05) is 0 Å². The summed E-state index contributed by atoms with van der Waals surface area (Å²) in [6, 6.07) is -1.29. The Morgan fingerprint density at radius 2 is 1.71 bits per heavy atom. The van der Waals surface area contributed by atoms with Crippen molar-refractivity contribution >= 4 is 17.8 Å². The van der Waals surface area contributed by atoms with E-state index in [1.165, 1.54) is 0 Å². The van der Waals surface area contributed by atoms with Crippen LogP contribution in [0.25, 0.3) is 0 Å². The largest absolute Gasteiger partial charge is 0.481 e. The quantitative estimate of drug-likeness (QED) is 0.411. The molecule has 0 fully saturated rings. The van der Waals surface area contributed by atoms with Crippen LogP contribution in [-0.4, -0.2) is 34.1 Å². The molecule has 0 spiro atoms. The molecule has 6 N–H and O–H groups in total. The number of carboxylic acids is 2.